The second-order valence-electron chi connectivity index (χ2n) is 9.14. The molecule has 8 aromatic rings. The quantitative estimate of drug-likeness (QED) is 0.171. The maximum absolute atomic E-state index is 3.34. The number of benzene rings is 4. The Morgan fingerprint density at radius 3 is 1.25 bits per heavy atom. The van der Waals surface area contributed by atoms with Gasteiger partial charge in [0.25, 0.3) is 0 Å². The maximum atomic E-state index is 3.34. The van der Waals surface area contributed by atoms with E-state index in [-0.39, 0.29) is 0 Å². The number of fused-ring (bicyclic) bond motifs is 10. The Morgan fingerprint density at radius 2 is 0.833 bits per heavy atom. The molecule has 8 rings (SSSR count). The van der Waals surface area contributed by atoms with Crippen LogP contribution in [0, 0.1) is 0 Å². The standard InChI is InChI=1S/2C16H12N.CH2.Zr/c2*1-17-14-9-5-4-8-13(14)16-12-7-3-2-6-11(12)10-15(16)17;;/h2*2-10H,1H3;1H2;/q2*-1;;+2. The van der Waals surface area contributed by atoms with E-state index in [0.717, 1.165) is 0 Å². The van der Waals surface area contributed by atoms with Crippen molar-refractivity contribution in [2.24, 2.45) is 14.1 Å². The summed E-state index contributed by atoms with van der Waals surface area (Å²) in [6, 6.07) is 39.0. The number of aryl methyl sites for hydroxylation is 2. The van der Waals surface area contributed by atoms with Crippen LogP contribution in [0.5, 0.6) is 0 Å². The van der Waals surface area contributed by atoms with E-state index >= 15 is 0 Å². The van der Waals surface area contributed by atoms with E-state index in [9.17, 15) is 0 Å². The predicted molar refractivity (Wildman–Crippen MR) is 154 cm³/mol. The first-order valence-corrected chi connectivity index (χ1v) is 13.8. The summed E-state index contributed by atoms with van der Waals surface area (Å²) in [4.78, 5) is 0. The Balaban J connectivity index is 0.000000125. The van der Waals surface area contributed by atoms with Gasteiger partial charge in [-0.2, -0.15) is 0 Å². The zero-order valence-corrected chi connectivity index (χ0v) is 23.0. The summed E-state index contributed by atoms with van der Waals surface area (Å²) >= 11 is 1.30. The fourth-order valence-electron chi connectivity index (χ4n) is 5.73. The molecule has 0 radical (unpaired) electrons. The van der Waals surface area contributed by atoms with Gasteiger partial charge >= 0.3 is 28.4 Å². The van der Waals surface area contributed by atoms with Gasteiger partial charge in [0.15, 0.2) is 0 Å². The third kappa shape index (κ3) is 3.38. The Bertz CT molecular complexity index is 1860. The molecule has 2 heterocycles. The third-order valence-corrected chi connectivity index (χ3v) is 7.35. The van der Waals surface area contributed by atoms with Crippen molar-refractivity contribution in [3.63, 3.8) is 0 Å². The molecule has 36 heavy (non-hydrogen) atoms. The molecule has 0 aliphatic carbocycles. The fraction of sp³-hybridized carbons (Fsp3) is 0.0606. The average Bonchev–Trinajstić information content (AvgIpc) is 3.66. The molecule has 0 saturated heterocycles. The van der Waals surface area contributed by atoms with E-state index in [1.807, 2.05) is 0 Å². The topological polar surface area (TPSA) is 9.86 Å². The van der Waals surface area contributed by atoms with Crippen molar-refractivity contribution in [3.05, 3.63) is 109 Å². The Labute approximate surface area is 225 Å². The Kier molecular flexibility index (Phi) is 5.82. The molecule has 0 saturated carbocycles. The predicted octanol–water partition coefficient (Wildman–Crippen LogP) is 8.37. The van der Waals surface area contributed by atoms with Crippen LogP contribution >= 0.6 is 0 Å². The third-order valence-electron chi connectivity index (χ3n) is 7.35. The first-order chi connectivity index (χ1) is 17.7. The molecule has 0 amide bonds. The van der Waals surface area contributed by atoms with Crippen LogP contribution in [-0.4, -0.2) is 13.3 Å². The molecule has 172 valence electrons. The van der Waals surface area contributed by atoms with Crippen LogP contribution in [0.15, 0.2) is 109 Å². The molecule has 0 N–H and O–H groups in total. The molecule has 0 fully saturated rings. The van der Waals surface area contributed by atoms with Gasteiger partial charge in [-0.1, -0.05) is 59.3 Å². The van der Waals surface area contributed by atoms with Crippen LogP contribution < -0.4 is 0 Å². The van der Waals surface area contributed by atoms with Gasteiger partial charge in [-0.05, 0) is 33.9 Å². The minimum absolute atomic E-state index is 1.30. The van der Waals surface area contributed by atoms with Crippen molar-refractivity contribution in [2.45, 2.75) is 0 Å². The molecule has 0 bridgehead atoms. The van der Waals surface area contributed by atoms with E-state index in [1.54, 1.807) is 0 Å². The first kappa shape index (κ1) is 22.9. The Morgan fingerprint density at radius 1 is 0.500 bits per heavy atom. The monoisotopic (exact) mass is 540 g/mol. The number of hydrogen-bond acceptors (Lipinski definition) is 0. The van der Waals surface area contributed by atoms with Gasteiger partial charge in [-0.25, -0.2) is 0 Å². The van der Waals surface area contributed by atoms with Crippen LogP contribution in [0.2, 0.25) is 0 Å². The molecular formula is C33H26N2Zr. The van der Waals surface area contributed by atoms with Gasteiger partial charge in [0, 0.05) is 25.1 Å². The zero-order valence-electron chi connectivity index (χ0n) is 20.5. The molecule has 0 unspecified atom stereocenters. The van der Waals surface area contributed by atoms with E-state index in [2.05, 4.69) is 137 Å². The van der Waals surface area contributed by atoms with Crippen LogP contribution in [0.4, 0.5) is 0 Å². The SMILES string of the molecule is Cn1c2ccccc2c2c3ccccc3[cH-]c21.Cn1c2ccccc2c2c3ccccc3[cH-]c21.[CH2]=[Zr+2]. The molecule has 0 aliphatic rings. The van der Waals surface area contributed by atoms with Crippen LogP contribution in [0.25, 0.3) is 65.2 Å². The average molecular weight is 542 g/mol. The summed E-state index contributed by atoms with van der Waals surface area (Å²) in [7, 11) is 4.28. The van der Waals surface area contributed by atoms with E-state index < -0.39 is 0 Å². The summed E-state index contributed by atoms with van der Waals surface area (Å²) in [6.45, 7) is 0. The van der Waals surface area contributed by atoms with Crippen LogP contribution in [0.1, 0.15) is 0 Å². The van der Waals surface area contributed by atoms with Gasteiger partial charge in [0.05, 0.1) is 0 Å². The van der Waals surface area contributed by atoms with Crippen molar-refractivity contribution in [1.29, 1.82) is 0 Å². The second-order valence-corrected chi connectivity index (χ2v) is 9.14. The number of rotatable bonds is 0. The number of hydrogen-bond donors (Lipinski definition) is 0. The van der Waals surface area contributed by atoms with Gasteiger partial charge in [-0.3, -0.25) is 0 Å². The fourth-order valence-corrected chi connectivity index (χ4v) is 5.73. The molecule has 0 atom stereocenters. The molecule has 2 aromatic heterocycles. The van der Waals surface area contributed by atoms with Crippen molar-refractivity contribution in [3.8, 4) is 0 Å². The summed E-state index contributed by atoms with van der Waals surface area (Å²) in [5, 5.41) is 10.9. The summed E-state index contributed by atoms with van der Waals surface area (Å²) < 4.78 is 7.90. The van der Waals surface area contributed by atoms with Crippen LogP contribution in [0.3, 0.4) is 0 Å². The van der Waals surface area contributed by atoms with Crippen molar-refractivity contribution in [1.82, 2.24) is 9.13 Å². The summed E-state index contributed by atoms with van der Waals surface area (Å²) in [5.41, 5.74) is 5.27. The summed E-state index contributed by atoms with van der Waals surface area (Å²) in [5.74, 6) is 0. The van der Waals surface area contributed by atoms with Gasteiger partial charge in [0.2, 0.25) is 0 Å². The van der Waals surface area contributed by atoms with Gasteiger partial charge in [-0.15, -0.1) is 70.1 Å². The first-order valence-electron chi connectivity index (χ1n) is 12.1. The Hall–Kier alpha value is -3.55. The van der Waals surface area contributed by atoms with Crippen molar-refractivity contribution < 1.29 is 24.2 Å². The van der Waals surface area contributed by atoms with E-state index in [1.165, 1.54) is 89.4 Å². The molecular weight excluding hydrogens is 516 g/mol. The van der Waals surface area contributed by atoms with Gasteiger partial charge in [0.1, 0.15) is 0 Å². The normalized spacial score (nSPS) is 11.3. The van der Waals surface area contributed by atoms with E-state index in [4.69, 9.17) is 0 Å². The number of nitrogens with zero attached hydrogens (tertiary/aromatic N) is 2. The second kappa shape index (κ2) is 9.15. The number of aromatic nitrogens is 2. The molecule has 3 heteroatoms. The molecule has 0 spiro atoms. The van der Waals surface area contributed by atoms with Gasteiger partial charge < -0.3 is 9.13 Å². The molecule has 0 aliphatic heterocycles. The number of para-hydroxylation sites is 2. The van der Waals surface area contributed by atoms with Crippen molar-refractivity contribution >= 4 is 69.4 Å². The van der Waals surface area contributed by atoms with Crippen LogP contribution in [-0.2, 0) is 38.3 Å². The summed E-state index contributed by atoms with van der Waals surface area (Å²) in [6.07, 6.45) is 0. The van der Waals surface area contributed by atoms with E-state index in [0.29, 0.717) is 0 Å². The minimum atomic E-state index is 1.30. The zero-order chi connectivity index (χ0) is 24.8. The molecule has 6 aromatic carbocycles. The molecule has 2 nitrogen and oxygen atoms in total. The van der Waals surface area contributed by atoms with Crippen molar-refractivity contribution in [2.75, 3.05) is 0 Å².